The Hall–Kier alpha value is -1.59. The molecule has 0 atom stereocenters. The number of rotatable bonds is 3. The molecule has 0 heterocycles. The lowest BCUT2D eigenvalue weighted by atomic mass is 10.3. The first-order valence-corrected chi connectivity index (χ1v) is 6.13. The highest BCUT2D eigenvalue weighted by Crippen LogP contribution is 2.32. The zero-order valence-electron chi connectivity index (χ0n) is 8.97. The van der Waals surface area contributed by atoms with E-state index in [1.807, 2.05) is 0 Å². The Bertz CT molecular complexity index is 589. The minimum Gasteiger partial charge on any atom is -0.258 e. The smallest absolute Gasteiger partial charge is 0.258 e. The molecule has 0 N–H and O–H groups in total. The quantitative estimate of drug-likeness (QED) is 0.613. The van der Waals surface area contributed by atoms with Gasteiger partial charge in [-0.05, 0) is 30.3 Å². The summed E-state index contributed by atoms with van der Waals surface area (Å²) in [4.78, 5) is 11.0. The van der Waals surface area contributed by atoms with Crippen LogP contribution in [0.15, 0.2) is 52.3 Å². The van der Waals surface area contributed by atoms with Crippen LogP contribution in [0.5, 0.6) is 0 Å². The van der Waals surface area contributed by atoms with Crippen LogP contribution in [-0.2, 0) is 0 Å². The summed E-state index contributed by atoms with van der Waals surface area (Å²) in [6.45, 7) is 0. The van der Waals surface area contributed by atoms with Gasteiger partial charge in [-0.15, -0.1) is 0 Å². The first-order valence-electron chi connectivity index (χ1n) is 4.93. The van der Waals surface area contributed by atoms with E-state index in [0.29, 0.717) is 9.92 Å². The van der Waals surface area contributed by atoms with Crippen LogP contribution in [0, 0.1) is 15.9 Å². The van der Waals surface area contributed by atoms with Crippen LogP contribution in [0.1, 0.15) is 0 Å². The van der Waals surface area contributed by atoms with Gasteiger partial charge in [0.25, 0.3) is 5.69 Å². The summed E-state index contributed by atoms with van der Waals surface area (Å²) >= 11 is 6.93. The predicted molar refractivity (Wildman–Crippen MR) is 68.6 cm³/mol. The molecule has 2 aromatic carbocycles. The number of halogens is 2. The topological polar surface area (TPSA) is 43.1 Å². The molecule has 0 spiro atoms. The van der Waals surface area contributed by atoms with E-state index in [0.717, 1.165) is 11.0 Å². The van der Waals surface area contributed by atoms with E-state index in [1.54, 1.807) is 24.3 Å². The zero-order valence-corrected chi connectivity index (χ0v) is 10.5. The van der Waals surface area contributed by atoms with Gasteiger partial charge in [0.2, 0.25) is 0 Å². The van der Waals surface area contributed by atoms with Crippen molar-refractivity contribution in [1.82, 2.24) is 0 Å². The summed E-state index contributed by atoms with van der Waals surface area (Å²) in [6.07, 6.45) is 0. The number of hydrogen-bond donors (Lipinski definition) is 0. The molecule has 0 radical (unpaired) electrons. The molecule has 0 saturated heterocycles. The van der Waals surface area contributed by atoms with Gasteiger partial charge in [-0.25, -0.2) is 4.39 Å². The van der Waals surface area contributed by atoms with Gasteiger partial charge in [0.15, 0.2) is 0 Å². The summed E-state index contributed by atoms with van der Waals surface area (Å²) in [5.41, 5.74) is -0.257. The Morgan fingerprint density at radius 3 is 2.39 bits per heavy atom. The normalized spacial score (nSPS) is 10.3. The third-order valence-corrected chi connectivity index (χ3v) is 3.48. The van der Waals surface area contributed by atoms with Crippen molar-refractivity contribution in [1.29, 1.82) is 0 Å². The van der Waals surface area contributed by atoms with E-state index in [2.05, 4.69) is 0 Å². The first kappa shape index (κ1) is 12.9. The Morgan fingerprint density at radius 2 is 1.83 bits per heavy atom. The van der Waals surface area contributed by atoms with E-state index in [1.165, 1.54) is 23.9 Å². The number of non-ortho nitro benzene ring substituents is 1. The van der Waals surface area contributed by atoms with E-state index in [-0.39, 0.29) is 5.69 Å². The molecule has 2 rings (SSSR count). The number of nitro benzene ring substituents is 1. The van der Waals surface area contributed by atoms with Crippen molar-refractivity contribution in [2.24, 2.45) is 0 Å². The van der Waals surface area contributed by atoms with Crippen molar-refractivity contribution in [3.05, 3.63) is 63.4 Å². The van der Waals surface area contributed by atoms with Crippen LogP contribution >= 0.6 is 23.4 Å². The lowest BCUT2D eigenvalue weighted by Crippen LogP contribution is -1.90. The van der Waals surface area contributed by atoms with Gasteiger partial charge in [0, 0.05) is 20.9 Å². The Balaban J connectivity index is 2.24. The van der Waals surface area contributed by atoms with Crippen LogP contribution in [0.2, 0.25) is 5.02 Å². The van der Waals surface area contributed by atoms with Gasteiger partial charge in [-0.3, -0.25) is 10.1 Å². The second-order valence-electron chi connectivity index (χ2n) is 3.43. The maximum Gasteiger partial charge on any atom is 0.272 e. The molecule has 18 heavy (non-hydrogen) atoms. The van der Waals surface area contributed by atoms with Crippen LogP contribution in [0.3, 0.4) is 0 Å². The lowest BCUT2D eigenvalue weighted by Gasteiger charge is -2.03. The van der Waals surface area contributed by atoms with Crippen molar-refractivity contribution >= 4 is 29.1 Å². The SMILES string of the molecule is O=[N+]([O-])c1ccc(Sc2ccc(Cl)cc2)c(F)c1. The summed E-state index contributed by atoms with van der Waals surface area (Å²) in [7, 11) is 0. The van der Waals surface area contributed by atoms with Gasteiger partial charge in [0.1, 0.15) is 5.82 Å². The zero-order chi connectivity index (χ0) is 13.1. The summed E-state index contributed by atoms with van der Waals surface area (Å²) in [5.74, 6) is -0.607. The largest absolute Gasteiger partial charge is 0.272 e. The molecule has 0 saturated carbocycles. The highest BCUT2D eigenvalue weighted by Gasteiger charge is 2.11. The van der Waals surface area contributed by atoms with Gasteiger partial charge >= 0.3 is 0 Å². The molecule has 0 unspecified atom stereocenters. The molecule has 0 bridgehead atoms. The van der Waals surface area contributed by atoms with Crippen LogP contribution < -0.4 is 0 Å². The minimum atomic E-state index is -0.625. The molecule has 0 aliphatic heterocycles. The highest BCUT2D eigenvalue weighted by atomic mass is 35.5. The average Bonchev–Trinajstić information content (AvgIpc) is 2.34. The average molecular weight is 284 g/mol. The van der Waals surface area contributed by atoms with Gasteiger partial charge < -0.3 is 0 Å². The maximum atomic E-state index is 13.6. The molecular weight excluding hydrogens is 277 g/mol. The van der Waals surface area contributed by atoms with E-state index in [9.17, 15) is 14.5 Å². The Morgan fingerprint density at radius 1 is 1.17 bits per heavy atom. The summed E-state index contributed by atoms with van der Waals surface area (Å²) < 4.78 is 13.6. The van der Waals surface area contributed by atoms with Crippen molar-refractivity contribution in [2.45, 2.75) is 9.79 Å². The molecule has 6 heteroatoms. The van der Waals surface area contributed by atoms with Crippen molar-refractivity contribution < 1.29 is 9.31 Å². The third kappa shape index (κ3) is 3.00. The minimum absolute atomic E-state index is 0.257. The summed E-state index contributed by atoms with van der Waals surface area (Å²) in [6, 6.07) is 10.5. The molecule has 92 valence electrons. The molecule has 0 fully saturated rings. The van der Waals surface area contributed by atoms with Crippen molar-refractivity contribution in [2.75, 3.05) is 0 Å². The van der Waals surface area contributed by atoms with E-state index >= 15 is 0 Å². The second-order valence-corrected chi connectivity index (χ2v) is 4.98. The molecule has 0 aliphatic carbocycles. The fourth-order valence-corrected chi connectivity index (χ4v) is 2.26. The number of benzene rings is 2. The van der Waals surface area contributed by atoms with Crippen molar-refractivity contribution in [3.8, 4) is 0 Å². The second kappa shape index (κ2) is 5.37. The van der Waals surface area contributed by atoms with Gasteiger partial charge in [-0.1, -0.05) is 23.4 Å². The lowest BCUT2D eigenvalue weighted by molar-refractivity contribution is -0.385. The van der Waals surface area contributed by atoms with E-state index < -0.39 is 10.7 Å². The van der Waals surface area contributed by atoms with E-state index in [4.69, 9.17) is 11.6 Å². The van der Waals surface area contributed by atoms with Crippen LogP contribution in [-0.4, -0.2) is 4.92 Å². The van der Waals surface area contributed by atoms with Crippen molar-refractivity contribution in [3.63, 3.8) is 0 Å². The molecule has 3 nitrogen and oxygen atoms in total. The predicted octanol–water partition coefficient (Wildman–Crippen LogP) is 4.54. The molecule has 0 amide bonds. The number of nitro groups is 1. The molecular formula is C12H7ClFNO2S. The van der Waals surface area contributed by atoms with Gasteiger partial charge in [0.05, 0.1) is 11.0 Å². The fourth-order valence-electron chi connectivity index (χ4n) is 1.32. The fraction of sp³-hybridized carbons (Fsp3) is 0. The standard InChI is InChI=1S/C12H7ClFNO2S/c13-8-1-4-10(5-2-8)18-12-6-3-9(15(16)17)7-11(12)14/h1-7H. The monoisotopic (exact) mass is 283 g/mol. The molecule has 0 aliphatic rings. The number of hydrogen-bond acceptors (Lipinski definition) is 3. The van der Waals surface area contributed by atoms with Gasteiger partial charge in [-0.2, -0.15) is 0 Å². The van der Waals surface area contributed by atoms with Crippen LogP contribution in [0.25, 0.3) is 0 Å². The van der Waals surface area contributed by atoms with Crippen LogP contribution in [0.4, 0.5) is 10.1 Å². The molecule has 0 aromatic heterocycles. The molecule has 2 aromatic rings. The Kier molecular flexibility index (Phi) is 3.84. The summed E-state index contributed by atoms with van der Waals surface area (Å²) in [5, 5.41) is 11.1. The maximum absolute atomic E-state index is 13.6. The first-order chi connectivity index (χ1) is 8.56. The third-order valence-electron chi connectivity index (χ3n) is 2.17. The number of nitrogens with zero attached hydrogens (tertiary/aromatic N) is 1. The Labute approximate surface area is 112 Å². The highest BCUT2D eigenvalue weighted by molar-refractivity contribution is 7.99.